The summed E-state index contributed by atoms with van der Waals surface area (Å²) in [6.07, 6.45) is 0.802. The highest BCUT2D eigenvalue weighted by Gasteiger charge is 2.37. The monoisotopic (exact) mass is 395 g/mol. The van der Waals surface area contributed by atoms with Crippen LogP contribution in [0.4, 0.5) is 17.1 Å². The summed E-state index contributed by atoms with van der Waals surface area (Å²) in [5, 5.41) is 5.88. The summed E-state index contributed by atoms with van der Waals surface area (Å²) in [5.41, 5.74) is 2.19. The Labute approximate surface area is 172 Å². The van der Waals surface area contributed by atoms with E-state index in [1.165, 1.54) is 0 Å². The molecule has 154 valence electrons. The van der Waals surface area contributed by atoms with Crippen LogP contribution in [0.1, 0.15) is 26.3 Å². The van der Waals surface area contributed by atoms with E-state index in [0.717, 1.165) is 36.4 Å². The van der Waals surface area contributed by atoms with Gasteiger partial charge in [0.25, 0.3) is 0 Å². The topological polar surface area (TPSA) is 70.7 Å². The molecule has 1 heterocycles. The Kier molecular flexibility index (Phi) is 6.54. The number of benzene rings is 2. The number of ether oxygens (including phenoxy) is 1. The molecule has 0 atom stereocenters. The van der Waals surface area contributed by atoms with Crippen molar-refractivity contribution in [3.05, 3.63) is 54.1 Å². The molecule has 0 unspecified atom stereocenters. The summed E-state index contributed by atoms with van der Waals surface area (Å²) >= 11 is 0. The first-order valence-corrected chi connectivity index (χ1v) is 10.1. The van der Waals surface area contributed by atoms with Gasteiger partial charge in [-0.1, -0.05) is 37.3 Å². The van der Waals surface area contributed by atoms with Gasteiger partial charge in [0.2, 0.25) is 11.8 Å². The van der Waals surface area contributed by atoms with Crippen molar-refractivity contribution in [3.63, 3.8) is 0 Å². The maximum absolute atomic E-state index is 13.0. The van der Waals surface area contributed by atoms with Crippen molar-refractivity contribution in [3.8, 4) is 0 Å². The molecular formula is C23H29N3O3. The number of para-hydroxylation sites is 3. The molecule has 6 heteroatoms. The van der Waals surface area contributed by atoms with Gasteiger partial charge >= 0.3 is 0 Å². The SMILES string of the molecule is CCc1ccccc1NC(=O)C(C)(C)C(=O)Nc1ccccc1N1CCOCC1. The van der Waals surface area contributed by atoms with Gasteiger partial charge in [-0.15, -0.1) is 0 Å². The molecule has 2 aromatic rings. The Morgan fingerprint density at radius 1 is 0.931 bits per heavy atom. The van der Waals surface area contributed by atoms with Crippen LogP contribution < -0.4 is 15.5 Å². The van der Waals surface area contributed by atoms with Crippen LogP contribution >= 0.6 is 0 Å². The fraction of sp³-hybridized carbons (Fsp3) is 0.391. The lowest BCUT2D eigenvalue weighted by Gasteiger charge is -2.31. The minimum atomic E-state index is -1.24. The summed E-state index contributed by atoms with van der Waals surface area (Å²) in [7, 11) is 0. The second-order valence-electron chi connectivity index (χ2n) is 7.66. The number of nitrogens with zero attached hydrogens (tertiary/aromatic N) is 1. The highest BCUT2D eigenvalue weighted by Crippen LogP contribution is 2.29. The predicted molar refractivity (Wildman–Crippen MR) is 116 cm³/mol. The standard InChI is InChI=1S/C23H29N3O3/c1-4-17-9-5-6-10-18(17)24-21(27)23(2,3)22(28)25-19-11-7-8-12-20(19)26-13-15-29-16-14-26/h5-12H,4,13-16H2,1-3H3,(H,24,27)(H,25,28). The van der Waals surface area contributed by atoms with Crippen molar-refractivity contribution < 1.29 is 14.3 Å². The van der Waals surface area contributed by atoms with Crippen molar-refractivity contribution >= 4 is 28.9 Å². The van der Waals surface area contributed by atoms with Gasteiger partial charge in [0.05, 0.1) is 24.6 Å². The first-order chi connectivity index (χ1) is 13.9. The number of carbonyl (C=O) groups excluding carboxylic acids is 2. The number of morpholine rings is 1. The normalized spacial score (nSPS) is 14.4. The molecule has 2 aromatic carbocycles. The number of hydrogen-bond donors (Lipinski definition) is 2. The van der Waals surface area contributed by atoms with Crippen LogP contribution in [0.5, 0.6) is 0 Å². The maximum Gasteiger partial charge on any atom is 0.239 e. The van der Waals surface area contributed by atoms with Crippen molar-refractivity contribution in [1.82, 2.24) is 0 Å². The Morgan fingerprint density at radius 2 is 1.48 bits per heavy atom. The smallest absolute Gasteiger partial charge is 0.239 e. The molecule has 0 radical (unpaired) electrons. The molecule has 1 aliphatic heterocycles. The third-order valence-electron chi connectivity index (χ3n) is 5.29. The van der Waals surface area contributed by atoms with E-state index in [1.807, 2.05) is 55.5 Å². The Balaban J connectivity index is 1.75. The molecule has 1 saturated heterocycles. The second kappa shape index (κ2) is 9.09. The molecule has 6 nitrogen and oxygen atoms in total. The van der Waals surface area contributed by atoms with Crippen LogP contribution in [0.15, 0.2) is 48.5 Å². The zero-order chi connectivity index (χ0) is 20.9. The molecule has 29 heavy (non-hydrogen) atoms. The molecule has 0 spiro atoms. The molecule has 2 N–H and O–H groups in total. The summed E-state index contributed by atoms with van der Waals surface area (Å²) in [5.74, 6) is -0.676. The Morgan fingerprint density at radius 3 is 2.14 bits per heavy atom. The molecule has 3 rings (SSSR count). The fourth-order valence-electron chi connectivity index (χ4n) is 3.27. The molecule has 0 bridgehead atoms. The lowest BCUT2D eigenvalue weighted by Crippen LogP contribution is -2.42. The number of anilines is 3. The molecule has 0 saturated carbocycles. The van der Waals surface area contributed by atoms with E-state index < -0.39 is 5.41 Å². The van der Waals surface area contributed by atoms with Crippen LogP contribution in [0.2, 0.25) is 0 Å². The number of carbonyl (C=O) groups is 2. The molecule has 1 fully saturated rings. The average Bonchev–Trinajstić information content (AvgIpc) is 2.75. The van der Waals surface area contributed by atoms with Gasteiger partial charge in [-0.05, 0) is 44.0 Å². The lowest BCUT2D eigenvalue weighted by atomic mass is 9.90. The van der Waals surface area contributed by atoms with Gasteiger partial charge in [0.15, 0.2) is 0 Å². The van der Waals surface area contributed by atoms with Crippen LogP contribution in [0, 0.1) is 5.41 Å². The summed E-state index contributed by atoms with van der Waals surface area (Å²) in [6, 6.07) is 15.3. The molecule has 1 aliphatic rings. The summed E-state index contributed by atoms with van der Waals surface area (Å²) in [6.45, 7) is 8.17. The first-order valence-electron chi connectivity index (χ1n) is 10.1. The maximum atomic E-state index is 13.0. The van der Waals surface area contributed by atoms with Gasteiger partial charge in [-0.25, -0.2) is 0 Å². The van der Waals surface area contributed by atoms with E-state index in [0.29, 0.717) is 18.9 Å². The zero-order valence-electron chi connectivity index (χ0n) is 17.3. The zero-order valence-corrected chi connectivity index (χ0v) is 17.3. The van der Waals surface area contributed by atoms with E-state index in [-0.39, 0.29) is 11.8 Å². The van der Waals surface area contributed by atoms with E-state index in [4.69, 9.17) is 4.74 Å². The second-order valence-corrected chi connectivity index (χ2v) is 7.66. The van der Waals surface area contributed by atoms with E-state index >= 15 is 0 Å². The molecule has 0 aromatic heterocycles. The van der Waals surface area contributed by atoms with Crippen molar-refractivity contribution in [1.29, 1.82) is 0 Å². The molecule has 0 aliphatic carbocycles. The number of amides is 2. The number of rotatable bonds is 6. The van der Waals surface area contributed by atoms with Gasteiger partial charge in [0, 0.05) is 18.8 Å². The Hall–Kier alpha value is -2.86. The number of hydrogen-bond acceptors (Lipinski definition) is 4. The third-order valence-corrected chi connectivity index (χ3v) is 5.29. The largest absolute Gasteiger partial charge is 0.378 e. The number of nitrogens with one attached hydrogen (secondary N) is 2. The third kappa shape index (κ3) is 4.77. The van der Waals surface area contributed by atoms with Gasteiger partial charge in [-0.3, -0.25) is 9.59 Å². The van der Waals surface area contributed by atoms with Crippen LogP contribution in [-0.2, 0) is 20.7 Å². The quantitative estimate of drug-likeness (QED) is 0.732. The lowest BCUT2D eigenvalue weighted by molar-refractivity contribution is -0.135. The highest BCUT2D eigenvalue weighted by atomic mass is 16.5. The van der Waals surface area contributed by atoms with Crippen molar-refractivity contribution in [2.45, 2.75) is 27.2 Å². The van der Waals surface area contributed by atoms with Crippen LogP contribution in [0.25, 0.3) is 0 Å². The molecule has 2 amide bonds. The van der Waals surface area contributed by atoms with Crippen molar-refractivity contribution in [2.75, 3.05) is 41.8 Å². The van der Waals surface area contributed by atoms with E-state index in [2.05, 4.69) is 15.5 Å². The first kappa shape index (κ1) is 20.9. The number of aryl methyl sites for hydroxylation is 1. The minimum Gasteiger partial charge on any atom is -0.378 e. The predicted octanol–water partition coefficient (Wildman–Crippen LogP) is 3.69. The van der Waals surface area contributed by atoms with Gasteiger partial charge in [-0.2, -0.15) is 0 Å². The summed E-state index contributed by atoms with van der Waals surface area (Å²) in [4.78, 5) is 28.1. The van der Waals surface area contributed by atoms with Gasteiger partial charge < -0.3 is 20.3 Å². The van der Waals surface area contributed by atoms with Crippen molar-refractivity contribution in [2.24, 2.45) is 5.41 Å². The van der Waals surface area contributed by atoms with Crippen LogP contribution in [0.3, 0.4) is 0 Å². The molecular weight excluding hydrogens is 366 g/mol. The average molecular weight is 396 g/mol. The van der Waals surface area contributed by atoms with Gasteiger partial charge in [0.1, 0.15) is 5.41 Å². The highest BCUT2D eigenvalue weighted by molar-refractivity contribution is 6.14. The fourth-order valence-corrected chi connectivity index (χ4v) is 3.27. The minimum absolute atomic E-state index is 0.334. The van der Waals surface area contributed by atoms with E-state index in [9.17, 15) is 9.59 Å². The summed E-state index contributed by atoms with van der Waals surface area (Å²) < 4.78 is 5.42. The van der Waals surface area contributed by atoms with E-state index in [1.54, 1.807) is 13.8 Å². The Bertz CT molecular complexity index is 873. The van der Waals surface area contributed by atoms with Crippen LogP contribution in [-0.4, -0.2) is 38.1 Å².